The van der Waals surface area contributed by atoms with Crippen LogP contribution in [0.5, 0.6) is 5.75 Å². The van der Waals surface area contributed by atoms with Crippen molar-refractivity contribution in [1.82, 2.24) is 9.55 Å². The highest BCUT2D eigenvalue weighted by Gasteiger charge is 2.14. The highest BCUT2D eigenvalue weighted by atomic mass is 35.5. The Bertz CT molecular complexity index is 1180. The number of para-hydroxylation sites is 1. The van der Waals surface area contributed by atoms with Crippen LogP contribution >= 0.6 is 23.4 Å². The molecule has 0 fully saturated rings. The number of imidazole rings is 1. The number of anilines is 1. The topological polar surface area (TPSA) is 56.2 Å². The van der Waals surface area contributed by atoms with Gasteiger partial charge < -0.3 is 10.1 Å². The molecule has 3 aromatic carbocycles. The van der Waals surface area contributed by atoms with Crippen LogP contribution in [-0.4, -0.2) is 28.3 Å². The van der Waals surface area contributed by atoms with Crippen molar-refractivity contribution >= 4 is 35.0 Å². The van der Waals surface area contributed by atoms with E-state index in [1.807, 2.05) is 77.5 Å². The van der Waals surface area contributed by atoms with Gasteiger partial charge in [0.1, 0.15) is 5.75 Å². The van der Waals surface area contributed by atoms with E-state index in [0.717, 1.165) is 27.9 Å². The van der Waals surface area contributed by atoms with Crippen LogP contribution in [0.25, 0.3) is 16.9 Å². The molecule has 4 rings (SSSR count). The molecule has 0 aliphatic carbocycles. The van der Waals surface area contributed by atoms with Crippen LogP contribution in [-0.2, 0) is 4.79 Å². The number of hydrogen-bond acceptors (Lipinski definition) is 4. The van der Waals surface area contributed by atoms with E-state index in [2.05, 4.69) is 5.32 Å². The first-order chi connectivity index (χ1) is 15.1. The van der Waals surface area contributed by atoms with Gasteiger partial charge in [0, 0.05) is 17.4 Å². The molecule has 4 aromatic rings. The number of ether oxygens (including phenoxy) is 1. The van der Waals surface area contributed by atoms with Gasteiger partial charge >= 0.3 is 0 Å². The van der Waals surface area contributed by atoms with E-state index >= 15 is 0 Å². The fraction of sp³-hybridized carbons (Fsp3) is 0.0833. The second-order valence-electron chi connectivity index (χ2n) is 6.66. The quantitative estimate of drug-likeness (QED) is 0.355. The van der Waals surface area contributed by atoms with Crippen molar-refractivity contribution in [2.24, 2.45) is 0 Å². The molecule has 0 atom stereocenters. The zero-order chi connectivity index (χ0) is 21.6. The van der Waals surface area contributed by atoms with Crippen LogP contribution < -0.4 is 10.1 Å². The van der Waals surface area contributed by atoms with Crippen molar-refractivity contribution in [1.29, 1.82) is 0 Å². The number of hydrogen-bond donors (Lipinski definition) is 1. The SMILES string of the molecule is COc1ccc(-n2cc(-c3ccccc3)nc2SCC(=O)Nc2ccccc2Cl)cc1. The fourth-order valence-electron chi connectivity index (χ4n) is 3.02. The first-order valence-corrected chi connectivity index (χ1v) is 11.0. The molecule has 0 aliphatic rings. The molecule has 31 heavy (non-hydrogen) atoms. The van der Waals surface area contributed by atoms with Crippen LogP contribution in [0.2, 0.25) is 5.02 Å². The van der Waals surface area contributed by atoms with Crippen molar-refractivity contribution < 1.29 is 9.53 Å². The Labute approximate surface area is 190 Å². The third kappa shape index (κ3) is 5.10. The average Bonchev–Trinajstić information content (AvgIpc) is 3.24. The highest BCUT2D eigenvalue weighted by Crippen LogP contribution is 2.28. The summed E-state index contributed by atoms with van der Waals surface area (Å²) in [6.07, 6.45) is 1.98. The Morgan fingerprint density at radius 3 is 2.45 bits per heavy atom. The lowest BCUT2D eigenvalue weighted by molar-refractivity contribution is -0.113. The standard InChI is InChI=1S/C24H20ClN3O2S/c1-30-19-13-11-18(12-14-19)28-15-22(17-7-3-2-4-8-17)27-24(28)31-16-23(29)26-21-10-6-5-9-20(21)25/h2-15H,16H2,1H3,(H,26,29). The van der Waals surface area contributed by atoms with Crippen molar-refractivity contribution in [2.45, 2.75) is 5.16 Å². The summed E-state index contributed by atoms with van der Waals surface area (Å²) in [5.41, 5.74) is 3.38. The van der Waals surface area contributed by atoms with Gasteiger partial charge in [-0.05, 0) is 36.4 Å². The molecule has 1 amide bonds. The smallest absolute Gasteiger partial charge is 0.234 e. The second kappa shape index (κ2) is 9.73. The zero-order valence-electron chi connectivity index (χ0n) is 16.8. The third-order valence-corrected chi connectivity index (χ3v) is 5.86. The van der Waals surface area contributed by atoms with Crippen LogP contribution in [0.4, 0.5) is 5.69 Å². The van der Waals surface area contributed by atoms with Crippen molar-refractivity contribution in [3.8, 4) is 22.7 Å². The van der Waals surface area contributed by atoms with E-state index in [4.69, 9.17) is 21.3 Å². The van der Waals surface area contributed by atoms with Crippen molar-refractivity contribution in [3.63, 3.8) is 0 Å². The van der Waals surface area contributed by atoms with Crippen LogP contribution in [0, 0.1) is 0 Å². The number of benzene rings is 3. The third-order valence-electron chi connectivity index (χ3n) is 4.57. The normalized spacial score (nSPS) is 10.6. The summed E-state index contributed by atoms with van der Waals surface area (Å²) in [5.74, 6) is 0.830. The molecule has 0 bridgehead atoms. The lowest BCUT2D eigenvalue weighted by Crippen LogP contribution is -2.14. The number of amides is 1. The van der Waals surface area contributed by atoms with Gasteiger partial charge in [0.25, 0.3) is 0 Å². The van der Waals surface area contributed by atoms with Crippen molar-refractivity contribution in [2.75, 3.05) is 18.2 Å². The summed E-state index contributed by atoms with van der Waals surface area (Å²) in [5, 5.41) is 4.08. The van der Waals surface area contributed by atoms with Crippen LogP contribution in [0.15, 0.2) is 90.2 Å². The summed E-state index contributed by atoms with van der Waals surface area (Å²) in [6.45, 7) is 0. The fourth-order valence-corrected chi connectivity index (χ4v) is 4.00. The van der Waals surface area contributed by atoms with E-state index in [9.17, 15) is 4.79 Å². The van der Waals surface area contributed by atoms with E-state index < -0.39 is 0 Å². The summed E-state index contributed by atoms with van der Waals surface area (Å²) >= 11 is 7.50. The first kappa shape index (κ1) is 21.0. The molecule has 1 N–H and O–H groups in total. The number of methoxy groups -OCH3 is 1. The van der Waals surface area contributed by atoms with E-state index in [1.165, 1.54) is 11.8 Å². The number of halogens is 1. The minimum Gasteiger partial charge on any atom is -0.497 e. The Hall–Kier alpha value is -3.22. The predicted molar refractivity (Wildman–Crippen MR) is 126 cm³/mol. The van der Waals surface area contributed by atoms with Gasteiger partial charge in [0.05, 0.1) is 29.3 Å². The second-order valence-corrected chi connectivity index (χ2v) is 8.01. The molecule has 0 aliphatic heterocycles. The summed E-state index contributed by atoms with van der Waals surface area (Å²) < 4.78 is 7.24. The number of aromatic nitrogens is 2. The van der Waals surface area contributed by atoms with E-state index in [0.29, 0.717) is 10.7 Å². The molecule has 0 saturated carbocycles. The number of thioether (sulfide) groups is 1. The number of nitrogens with zero attached hydrogens (tertiary/aromatic N) is 2. The van der Waals surface area contributed by atoms with Gasteiger partial charge in [-0.2, -0.15) is 0 Å². The largest absolute Gasteiger partial charge is 0.497 e. The van der Waals surface area contributed by atoms with Gasteiger partial charge in [-0.25, -0.2) is 4.98 Å². The molecule has 5 nitrogen and oxygen atoms in total. The Balaban J connectivity index is 1.58. The summed E-state index contributed by atoms with van der Waals surface area (Å²) in [6, 6.07) is 24.8. The highest BCUT2D eigenvalue weighted by molar-refractivity contribution is 7.99. The van der Waals surface area contributed by atoms with Gasteiger partial charge in [-0.1, -0.05) is 65.8 Å². The molecule has 1 heterocycles. The van der Waals surface area contributed by atoms with Crippen LogP contribution in [0.1, 0.15) is 0 Å². The molecule has 0 radical (unpaired) electrons. The lowest BCUT2D eigenvalue weighted by atomic mass is 10.2. The average molecular weight is 450 g/mol. The van der Waals surface area contributed by atoms with Gasteiger partial charge in [0.15, 0.2) is 5.16 Å². The maximum atomic E-state index is 12.5. The maximum absolute atomic E-state index is 12.5. The summed E-state index contributed by atoms with van der Waals surface area (Å²) in [4.78, 5) is 17.3. The molecule has 0 saturated heterocycles. The molecular weight excluding hydrogens is 430 g/mol. The van der Waals surface area contributed by atoms with Crippen LogP contribution in [0.3, 0.4) is 0 Å². The zero-order valence-corrected chi connectivity index (χ0v) is 18.4. The monoisotopic (exact) mass is 449 g/mol. The Morgan fingerprint density at radius 2 is 1.74 bits per heavy atom. The van der Waals surface area contributed by atoms with Gasteiger partial charge in [-0.15, -0.1) is 0 Å². The Kier molecular flexibility index (Phi) is 6.60. The first-order valence-electron chi connectivity index (χ1n) is 9.60. The molecular formula is C24H20ClN3O2S. The minimum absolute atomic E-state index is 0.149. The number of carbonyl (C=O) groups is 1. The van der Waals surface area contributed by atoms with Gasteiger partial charge in [-0.3, -0.25) is 9.36 Å². The molecule has 1 aromatic heterocycles. The van der Waals surface area contributed by atoms with E-state index in [1.54, 1.807) is 19.2 Å². The molecule has 0 spiro atoms. The Morgan fingerprint density at radius 1 is 1.03 bits per heavy atom. The number of carbonyl (C=O) groups excluding carboxylic acids is 1. The summed E-state index contributed by atoms with van der Waals surface area (Å²) in [7, 11) is 1.64. The minimum atomic E-state index is -0.149. The lowest BCUT2D eigenvalue weighted by Gasteiger charge is -2.09. The maximum Gasteiger partial charge on any atom is 0.234 e. The molecule has 156 valence electrons. The van der Waals surface area contributed by atoms with Gasteiger partial charge in [0.2, 0.25) is 5.91 Å². The predicted octanol–water partition coefficient (Wildman–Crippen LogP) is 5.93. The van der Waals surface area contributed by atoms with Crippen molar-refractivity contribution in [3.05, 3.63) is 90.1 Å². The molecule has 0 unspecified atom stereocenters. The molecule has 7 heteroatoms. The number of nitrogens with one attached hydrogen (secondary N) is 1. The van der Waals surface area contributed by atoms with E-state index in [-0.39, 0.29) is 11.7 Å². The number of rotatable bonds is 7.